The van der Waals surface area contributed by atoms with Crippen molar-refractivity contribution in [3.8, 4) is 22.6 Å². The summed E-state index contributed by atoms with van der Waals surface area (Å²) in [5.41, 5.74) is 8.22. The molecule has 0 aliphatic rings. The average molecular weight is 549 g/mol. The van der Waals surface area contributed by atoms with Gasteiger partial charge in [-0.1, -0.05) is 84.9 Å². The van der Waals surface area contributed by atoms with Crippen molar-refractivity contribution >= 4 is 34.1 Å². The van der Waals surface area contributed by atoms with Crippen LogP contribution in [0.4, 0.5) is 34.1 Å². The van der Waals surface area contributed by atoms with E-state index >= 15 is 0 Å². The lowest BCUT2D eigenvalue weighted by atomic mass is 10.0. The lowest BCUT2D eigenvalue weighted by molar-refractivity contribution is 0.415. The summed E-state index contributed by atoms with van der Waals surface area (Å²) in [7, 11) is 3.44. The van der Waals surface area contributed by atoms with Crippen LogP contribution in [0.1, 0.15) is 0 Å². The van der Waals surface area contributed by atoms with Crippen molar-refractivity contribution in [3.63, 3.8) is 0 Å². The molecule has 0 aliphatic heterocycles. The number of para-hydroxylation sites is 4. The smallest absolute Gasteiger partial charge is 0.143 e. The zero-order chi connectivity index (χ0) is 28.7. The van der Waals surface area contributed by atoms with Gasteiger partial charge in [-0.05, 0) is 83.9 Å². The zero-order valence-electron chi connectivity index (χ0n) is 23.7. The van der Waals surface area contributed by atoms with Crippen LogP contribution in [-0.2, 0) is 0 Å². The molecule has 6 aromatic rings. The van der Waals surface area contributed by atoms with Gasteiger partial charge < -0.3 is 19.3 Å². The number of rotatable bonds is 9. The Morgan fingerprint density at radius 1 is 0.357 bits per heavy atom. The van der Waals surface area contributed by atoms with E-state index in [0.717, 1.165) is 56.8 Å². The summed E-state index contributed by atoms with van der Waals surface area (Å²) in [6.45, 7) is 0. The molecular weight excluding hydrogens is 516 g/mol. The molecule has 0 spiro atoms. The van der Waals surface area contributed by atoms with E-state index in [4.69, 9.17) is 9.47 Å². The summed E-state index contributed by atoms with van der Waals surface area (Å²) < 4.78 is 12.0. The molecule has 0 fully saturated rings. The maximum absolute atomic E-state index is 5.98. The third kappa shape index (κ3) is 5.43. The second-order valence-electron chi connectivity index (χ2n) is 9.79. The Morgan fingerprint density at radius 2 is 0.643 bits per heavy atom. The van der Waals surface area contributed by atoms with Crippen LogP contribution in [0, 0.1) is 0 Å². The highest BCUT2D eigenvalue weighted by Gasteiger charge is 2.20. The molecule has 4 nitrogen and oxygen atoms in total. The molecule has 42 heavy (non-hydrogen) atoms. The van der Waals surface area contributed by atoms with Crippen LogP contribution in [0.2, 0.25) is 0 Å². The zero-order valence-corrected chi connectivity index (χ0v) is 23.7. The molecule has 0 saturated heterocycles. The summed E-state index contributed by atoms with van der Waals surface area (Å²) >= 11 is 0. The fourth-order valence-electron chi connectivity index (χ4n) is 5.25. The predicted molar refractivity (Wildman–Crippen MR) is 174 cm³/mol. The summed E-state index contributed by atoms with van der Waals surface area (Å²) in [6, 6.07) is 54.1. The van der Waals surface area contributed by atoms with Crippen LogP contribution in [0.15, 0.2) is 158 Å². The molecule has 6 rings (SSSR count). The van der Waals surface area contributed by atoms with Gasteiger partial charge in [-0.15, -0.1) is 0 Å². The molecular formula is C38H32N2O2. The number of hydrogen-bond donors (Lipinski definition) is 0. The Hall–Kier alpha value is -5.48. The first-order valence-electron chi connectivity index (χ1n) is 13.9. The maximum Gasteiger partial charge on any atom is 0.143 e. The first-order chi connectivity index (χ1) is 20.8. The fraction of sp³-hybridized carbons (Fsp3) is 0.0526. The molecule has 0 unspecified atom stereocenters. The van der Waals surface area contributed by atoms with E-state index < -0.39 is 0 Å². The van der Waals surface area contributed by atoms with Crippen molar-refractivity contribution in [1.29, 1.82) is 0 Å². The second kappa shape index (κ2) is 12.4. The lowest BCUT2D eigenvalue weighted by Gasteiger charge is -2.28. The molecule has 6 aromatic carbocycles. The molecule has 4 heteroatoms. The second-order valence-corrected chi connectivity index (χ2v) is 9.79. The molecule has 206 valence electrons. The highest BCUT2D eigenvalue weighted by atomic mass is 16.5. The molecule has 0 saturated carbocycles. The number of hydrogen-bond acceptors (Lipinski definition) is 4. The molecule has 0 amide bonds. The normalized spacial score (nSPS) is 10.6. The van der Waals surface area contributed by atoms with Crippen molar-refractivity contribution in [2.24, 2.45) is 0 Å². The lowest BCUT2D eigenvalue weighted by Crippen LogP contribution is -2.11. The van der Waals surface area contributed by atoms with Crippen LogP contribution in [0.5, 0.6) is 11.5 Å². The standard InChI is InChI=1S/C38H32N2O2/c1-41-37-27-29(23-25-35(37)39(31-15-7-3-8-16-31)32-17-9-4-10-18-32)30-24-26-36(38(28-30)42-2)40(33-19-11-5-12-20-33)34-21-13-6-14-22-34/h3-28H,1-2H3. The number of anilines is 6. The largest absolute Gasteiger partial charge is 0.495 e. The van der Waals surface area contributed by atoms with Gasteiger partial charge in [0.25, 0.3) is 0 Å². The van der Waals surface area contributed by atoms with Crippen molar-refractivity contribution in [2.45, 2.75) is 0 Å². The van der Waals surface area contributed by atoms with Gasteiger partial charge in [0.05, 0.1) is 25.6 Å². The topological polar surface area (TPSA) is 24.9 Å². The van der Waals surface area contributed by atoms with Crippen LogP contribution < -0.4 is 19.3 Å². The van der Waals surface area contributed by atoms with Gasteiger partial charge in [0.1, 0.15) is 11.5 Å². The van der Waals surface area contributed by atoms with Gasteiger partial charge >= 0.3 is 0 Å². The molecule has 0 aliphatic carbocycles. The number of benzene rings is 6. The van der Waals surface area contributed by atoms with Crippen molar-refractivity contribution in [3.05, 3.63) is 158 Å². The quantitative estimate of drug-likeness (QED) is 0.179. The van der Waals surface area contributed by atoms with Crippen LogP contribution >= 0.6 is 0 Å². The predicted octanol–water partition coefficient (Wildman–Crippen LogP) is 10.3. The molecule has 0 bridgehead atoms. The Kier molecular flexibility index (Phi) is 7.87. The molecule has 0 N–H and O–H groups in total. The number of nitrogens with zero attached hydrogens (tertiary/aromatic N) is 2. The minimum atomic E-state index is 0.776. The highest BCUT2D eigenvalue weighted by Crippen LogP contribution is 2.44. The van der Waals surface area contributed by atoms with Gasteiger partial charge in [-0.25, -0.2) is 0 Å². The summed E-state index contributed by atoms with van der Waals surface area (Å²) in [5.74, 6) is 1.55. The SMILES string of the molecule is COc1cc(-c2ccc(N(c3ccccc3)c3ccccc3)c(OC)c2)ccc1N(c1ccccc1)c1ccccc1. The van der Waals surface area contributed by atoms with Crippen molar-refractivity contribution in [1.82, 2.24) is 0 Å². The van der Waals surface area contributed by atoms with E-state index in [1.807, 2.05) is 72.8 Å². The number of ether oxygens (including phenoxy) is 2. The molecule has 0 heterocycles. The van der Waals surface area contributed by atoms with Gasteiger partial charge in [0.15, 0.2) is 0 Å². The summed E-state index contributed by atoms with van der Waals surface area (Å²) in [4.78, 5) is 4.42. The monoisotopic (exact) mass is 548 g/mol. The van der Waals surface area contributed by atoms with Crippen LogP contribution in [-0.4, -0.2) is 14.2 Å². The number of methoxy groups -OCH3 is 2. The third-order valence-electron chi connectivity index (χ3n) is 7.23. The first-order valence-corrected chi connectivity index (χ1v) is 13.9. The van der Waals surface area contributed by atoms with Crippen molar-refractivity contribution < 1.29 is 9.47 Å². The van der Waals surface area contributed by atoms with E-state index in [2.05, 4.69) is 94.7 Å². The van der Waals surface area contributed by atoms with Gasteiger partial charge in [0.2, 0.25) is 0 Å². The minimum Gasteiger partial charge on any atom is -0.495 e. The van der Waals surface area contributed by atoms with E-state index in [9.17, 15) is 0 Å². The Labute approximate surface area is 247 Å². The van der Waals surface area contributed by atoms with Gasteiger partial charge in [0, 0.05) is 22.7 Å². The maximum atomic E-state index is 5.98. The first kappa shape index (κ1) is 26.7. The minimum absolute atomic E-state index is 0.776. The Morgan fingerprint density at radius 3 is 0.905 bits per heavy atom. The highest BCUT2D eigenvalue weighted by molar-refractivity contribution is 5.85. The summed E-state index contributed by atoms with van der Waals surface area (Å²) in [5, 5.41) is 0. The molecule has 0 atom stereocenters. The third-order valence-corrected chi connectivity index (χ3v) is 7.23. The van der Waals surface area contributed by atoms with E-state index in [1.165, 1.54) is 0 Å². The van der Waals surface area contributed by atoms with Gasteiger partial charge in [-0.2, -0.15) is 0 Å². The molecule has 0 aromatic heterocycles. The van der Waals surface area contributed by atoms with Gasteiger partial charge in [-0.3, -0.25) is 0 Å². The molecule has 0 radical (unpaired) electrons. The Balaban J connectivity index is 1.42. The van der Waals surface area contributed by atoms with Crippen molar-refractivity contribution in [2.75, 3.05) is 24.0 Å². The summed E-state index contributed by atoms with van der Waals surface area (Å²) in [6.07, 6.45) is 0. The Bertz CT molecular complexity index is 1530. The van der Waals surface area contributed by atoms with E-state index in [1.54, 1.807) is 14.2 Å². The van der Waals surface area contributed by atoms with Crippen LogP contribution in [0.3, 0.4) is 0 Å². The average Bonchev–Trinajstić information content (AvgIpc) is 3.07. The van der Waals surface area contributed by atoms with E-state index in [0.29, 0.717) is 0 Å². The van der Waals surface area contributed by atoms with Crippen LogP contribution in [0.25, 0.3) is 11.1 Å². The van der Waals surface area contributed by atoms with E-state index in [-0.39, 0.29) is 0 Å². The fourth-order valence-corrected chi connectivity index (χ4v) is 5.25.